The van der Waals surface area contributed by atoms with Crippen molar-refractivity contribution in [1.29, 1.82) is 0 Å². The van der Waals surface area contributed by atoms with Gasteiger partial charge in [0.15, 0.2) is 0 Å². The third kappa shape index (κ3) is 4.83. The molecule has 0 aromatic heterocycles. The van der Waals surface area contributed by atoms with Crippen LogP contribution in [0.3, 0.4) is 0 Å². The molecule has 1 atom stereocenters. The smallest absolute Gasteiger partial charge is 0.331 e. The number of nitrogens with one attached hydrogen (secondary N) is 1. The van der Waals surface area contributed by atoms with Gasteiger partial charge >= 0.3 is 5.97 Å². The van der Waals surface area contributed by atoms with Gasteiger partial charge in [-0.25, -0.2) is 4.79 Å². The number of esters is 1. The van der Waals surface area contributed by atoms with Gasteiger partial charge in [-0.2, -0.15) is 0 Å². The van der Waals surface area contributed by atoms with Crippen LogP contribution in [0.1, 0.15) is 32.3 Å². The van der Waals surface area contributed by atoms with Gasteiger partial charge < -0.3 is 9.64 Å². The molecule has 1 N–H and O–H groups in total. The fourth-order valence-corrected chi connectivity index (χ4v) is 2.33. The van der Waals surface area contributed by atoms with E-state index in [4.69, 9.17) is 4.74 Å². The lowest BCUT2D eigenvalue weighted by molar-refractivity contribution is -0.152. The Morgan fingerprint density at radius 2 is 1.90 bits per heavy atom. The van der Waals surface area contributed by atoms with E-state index in [9.17, 15) is 4.79 Å². The first-order valence-corrected chi connectivity index (χ1v) is 7.69. The molecule has 0 aliphatic rings. The SMILES string of the molecule is CCCNC(CCN(C)C)(C(=O)OCC)c1ccccc1. The summed E-state index contributed by atoms with van der Waals surface area (Å²) in [5, 5.41) is 3.44. The zero-order valence-electron chi connectivity index (χ0n) is 13.7. The fraction of sp³-hybridized carbons (Fsp3) is 0.588. The molecule has 21 heavy (non-hydrogen) atoms. The molecule has 4 heteroatoms. The lowest BCUT2D eigenvalue weighted by Crippen LogP contribution is -2.52. The summed E-state index contributed by atoms with van der Waals surface area (Å²) in [4.78, 5) is 14.8. The quantitative estimate of drug-likeness (QED) is 0.710. The van der Waals surface area contributed by atoms with Gasteiger partial charge in [-0.1, -0.05) is 37.3 Å². The summed E-state index contributed by atoms with van der Waals surface area (Å²) in [5.74, 6) is -0.188. The van der Waals surface area contributed by atoms with Crippen molar-refractivity contribution in [3.8, 4) is 0 Å². The van der Waals surface area contributed by atoms with Gasteiger partial charge in [-0.3, -0.25) is 5.32 Å². The van der Waals surface area contributed by atoms with Crippen LogP contribution >= 0.6 is 0 Å². The molecule has 0 saturated carbocycles. The average molecular weight is 292 g/mol. The van der Waals surface area contributed by atoms with E-state index in [1.807, 2.05) is 51.4 Å². The monoisotopic (exact) mass is 292 g/mol. The van der Waals surface area contributed by atoms with Crippen molar-refractivity contribution >= 4 is 5.97 Å². The van der Waals surface area contributed by atoms with Crippen LogP contribution in [-0.2, 0) is 15.1 Å². The summed E-state index contributed by atoms with van der Waals surface area (Å²) in [6.07, 6.45) is 1.65. The molecule has 1 rings (SSSR count). The summed E-state index contributed by atoms with van der Waals surface area (Å²) in [6, 6.07) is 9.88. The van der Waals surface area contributed by atoms with Crippen LogP contribution < -0.4 is 5.32 Å². The minimum atomic E-state index is -0.766. The molecule has 1 aromatic carbocycles. The van der Waals surface area contributed by atoms with E-state index in [0.29, 0.717) is 13.0 Å². The molecule has 118 valence electrons. The molecule has 0 spiro atoms. The summed E-state index contributed by atoms with van der Waals surface area (Å²) in [5.41, 5.74) is 0.205. The van der Waals surface area contributed by atoms with Crippen LogP contribution in [0.15, 0.2) is 30.3 Å². The van der Waals surface area contributed by atoms with Crippen LogP contribution in [0.5, 0.6) is 0 Å². The zero-order chi connectivity index (χ0) is 15.7. The summed E-state index contributed by atoms with van der Waals surface area (Å²) in [7, 11) is 4.03. The second kappa shape index (κ2) is 8.80. The van der Waals surface area contributed by atoms with Crippen molar-refractivity contribution in [3.05, 3.63) is 35.9 Å². The predicted octanol–water partition coefficient (Wildman–Crippen LogP) is 2.40. The Hall–Kier alpha value is -1.39. The Labute approximate surface area is 128 Å². The first-order chi connectivity index (χ1) is 10.1. The van der Waals surface area contributed by atoms with E-state index in [1.54, 1.807) is 0 Å². The number of hydrogen-bond donors (Lipinski definition) is 1. The summed E-state index contributed by atoms with van der Waals surface area (Å²) in [6.45, 7) is 5.92. The van der Waals surface area contributed by atoms with Crippen molar-refractivity contribution in [2.45, 2.75) is 32.2 Å². The lowest BCUT2D eigenvalue weighted by atomic mass is 9.86. The van der Waals surface area contributed by atoms with E-state index < -0.39 is 5.54 Å². The maximum Gasteiger partial charge on any atom is 0.331 e. The van der Waals surface area contributed by atoms with Crippen LogP contribution in [0.2, 0.25) is 0 Å². The van der Waals surface area contributed by atoms with E-state index in [0.717, 1.165) is 25.1 Å². The largest absolute Gasteiger partial charge is 0.464 e. The Morgan fingerprint density at radius 3 is 2.43 bits per heavy atom. The fourth-order valence-electron chi connectivity index (χ4n) is 2.33. The van der Waals surface area contributed by atoms with Crippen LogP contribution in [0, 0.1) is 0 Å². The number of nitrogens with zero attached hydrogens (tertiary/aromatic N) is 1. The van der Waals surface area contributed by atoms with E-state index >= 15 is 0 Å². The highest BCUT2D eigenvalue weighted by Crippen LogP contribution is 2.27. The number of carbonyl (C=O) groups is 1. The molecule has 4 nitrogen and oxygen atoms in total. The van der Waals surface area contributed by atoms with E-state index in [-0.39, 0.29) is 5.97 Å². The van der Waals surface area contributed by atoms with Gasteiger partial charge in [0.2, 0.25) is 0 Å². The van der Waals surface area contributed by atoms with Gasteiger partial charge in [0.25, 0.3) is 0 Å². The van der Waals surface area contributed by atoms with Gasteiger partial charge in [-0.05, 0) is 46.0 Å². The van der Waals surface area contributed by atoms with E-state index in [1.165, 1.54) is 0 Å². The van der Waals surface area contributed by atoms with Gasteiger partial charge in [-0.15, -0.1) is 0 Å². The zero-order valence-corrected chi connectivity index (χ0v) is 13.7. The Balaban J connectivity index is 3.15. The topological polar surface area (TPSA) is 41.6 Å². The molecule has 0 amide bonds. The number of carbonyl (C=O) groups excluding carboxylic acids is 1. The molecule has 0 aliphatic heterocycles. The van der Waals surface area contributed by atoms with Crippen molar-refractivity contribution in [3.63, 3.8) is 0 Å². The summed E-state index contributed by atoms with van der Waals surface area (Å²) < 4.78 is 5.37. The molecule has 1 unspecified atom stereocenters. The molecule has 0 saturated heterocycles. The van der Waals surface area contributed by atoms with Crippen molar-refractivity contribution in [1.82, 2.24) is 10.2 Å². The molecule has 1 aromatic rings. The molecular weight excluding hydrogens is 264 g/mol. The highest BCUT2D eigenvalue weighted by molar-refractivity contribution is 5.82. The molecule has 0 fully saturated rings. The maximum atomic E-state index is 12.7. The maximum absolute atomic E-state index is 12.7. The van der Waals surface area contributed by atoms with Gasteiger partial charge in [0.1, 0.15) is 5.54 Å². The normalized spacial score (nSPS) is 14.0. The van der Waals surface area contributed by atoms with E-state index in [2.05, 4.69) is 17.1 Å². The number of hydrogen-bond acceptors (Lipinski definition) is 4. The first-order valence-electron chi connectivity index (χ1n) is 7.69. The number of benzene rings is 1. The highest BCUT2D eigenvalue weighted by atomic mass is 16.5. The minimum Gasteiger partial charge on any atom is -0.464 e. The predicted molar refractivity (Wildman–Crippen MR) is 86.2 cm³/mol. The standard InChI is InChI=1S/C17H28N2O2/c1-5-13-18-17(12-14-19(3)4,16(20)21-6-2)15-10-8-7-9-11-15/h7-11,18H,5-6,12-14H2,1-4H3. The molecule has 0 radical (unpaired) electrons. The molecular formula is C17H28N2O2. The third-order valence-corrected chi connectivity index (χ3v) is 3.50. The molecule has 0 heterocycles. The van der Waals surface area contributed by atoms with Gasteiger partial charge in [0, 0.05) is 6.54 Å². The number of ether oxygens (including phenoxy) is 1. The van der Waals surface area contributed by atoms with Crippen molar-refractivity contribution in [2.24, 2.45) is 0 Å². The Morgan fingerprint density at radius 1 is 1.24 bits per heavy atom. The van der Waals surface area contributed by atoms with Crippen LogP contribution in [-0.4, -0.2) is 44.7 Å². The number of rotatable bonds is 9. The highest BCUT2D eigenvalue weighted by Gasteiger charge is 2.40. The summed E-state index contributed by atoms with van der Waals surface area (Å²) >= 11 is 0. The van der Waals surface area contributed by atoms with Crippen LogP contribution in [0.25, 0.3) is 0 Å². The Bertz CT molecular complexity index is 420. The third-order valence-electron chi connectivity index (χ3n) is 3.50. The Kier molecular flexibility index (Phi) is 7.40. The average Bonchev–Trinajstić information content (AvgIpc) is 2.48. The second-order valence-corrected chi connectivity index (χ2v) is 5.47. The first kappa shape index (κ1) is 17.7. The molecule has 0 bridgehead atoms. The molecule has 0 aliphatic carbocycles. The van der Waals surface area contributed by atoms with Gasteiger partial charge in [0.05, 0.1) is 6.61 Å². The lowest BCUT2D eigenvalue weighted by Gasteiger charge is -2.34. The minimum absolute atomic E-state index is 0.188. The van der Waals surface area contributed by atoms with Crippen molar-refractivity contribution in [2.75, 3.05) is 33.8 Å². The second-order valence-electron chi connectivity index (χ2n) is 5.47. The van der Waals surface area contributed by atoms with Crippen LogP contribution in [0.4, 0.5) is 0 Å². The van der Waals surface area contributed by atoms with Crippen molar-refractivity contribution < 1.29 is 9.53 Å².